The Morgan fingerprint density at radius 1 is 2.00 bits per heavy atom. The van der Waals surface area contributed by atoms with Crippen LogP contribution in [0.2, 0.25) is 0 Å². The first-order chi connectivity index (χ1) is 4.22. The lowest BCUT2D eigenvalue weighted by molar-refractivity contribution is -0.120. The van der Waals surface area contributed by atoms with Crippen LogP contribution >= 0.6 is 0 Å². The quantitative estimate of drug-likeness (QED) is 0.304. The molecule has 0 aliphatic heterocycles. The number of carbonyl (C=O) groups is 1. The summed E-state index contributed by atoms with van der Waals surface area (Å²) in [6.07, 6.45) is 4.76. The predicted molar refractivity (Wildman–Crippen MR) is 32.0 cm³/mol. The minimum Gasteiger partial charge on any atom is -0.394 e. The van der Waals surface area contributed by atoms with E-state index in [-0.39, 0.29) is 6.61 Å². The Labute approximate surface area is 53.0 Å². The van der Waals surface area contributed by atoms with E-state index in [0.717, 1.165) is 0 Å². The second-order valence-electron chi connectivity index (χ2n) is 1.43. The molecule has 1 unspecified atom stereocenters. The lowest BCUT2D eigenvalue weighted by Crippen LogP contribution is -2.41. The zero-order chi connectivity index (χ0) is 7.28. The molecule has 0 aromatic carbocycles. The highest BCUT2D eigenvalue weighted by molar-refractivity contribution is 5.80. The molecule has 50 valence electrons. The third kappa shape index (κ3) is 2.57. The van der Waals surface area contributed by atoms with E-state index in [1.165, 1.54) is 0 Å². The van der Waals surface area contributed by atoms with Crippen LogP contribution in [0.3, 0.4) is 0 Å². The van der Waals surface area contributed by atoms with Gasteiger partial charge in [0.05, 0.1) is 6.61 Å². The number of primary amides is 1. The van der Waals surface area contributed by atoms with Crippen molar-refractivity contribution in [2.24, 2.45) is 5.73 Å². The van der Waals surface area contributed by atoms with Gasteiger partial charge in [0.25, 0.3) is 0 Å². The van der Waals surface area contributed by atoms with E-state index >= 15 is 0 Å². The fourth-order valence-corrected chi connectivity index (χ4v) is 0.307. The Morgan fingerprint density at radius 2 is 2.56 bits per heavy atom. The number of hydrogen-bond donors (Lipinski definition) is 3. The Bertz CT molecular complexity index is 138. The van der Waals surface area contributed by atoms with Gasteiger partial charge in [-0.1, -0.05) is 6.42 Å². The van der Waals surface area contributed by atoms with Crippen molar-refractivity contribution in [2.75, 3.05) is 6.61 Å². The zero-order valence-electron chi connectivity index (χ0n) is 4.79. The first-order valence-electron chi connectivity index (χ1n) is 2.33. The molecule has 4 nitrogen and oxygen atoms in total. The molecule has 0 aromatic rings. The molecule has 0 saturated heterocycles. The van der Waals surface area contributed by atoms with Crippen LogP contribution in [0.1, 0.15) is 0 Å². The number of amides is 1. The molecule has 1 atom stereocenters. The van der Waals surface area contributed by atoms with E-state index in [1.807, 2.05) is 6.04 Å². The van der Waals surface area contributed by atoms with Gasteiger partial charge < -0.3 is 16.2 Å². The van der Waals surface area contributed by atoms with Crippen LogP contribution in [0.4, 0.5) is 0 Å². The maximum atomic E-state index is 10.2. The van der Waals surface area contributed by atoms with Gasteiger partial charge in [-0.25, -0.2) is 0 Å². The highest BCUT2D eigenvalue weighted by Gasteiger charge is 2.09. The number of hydrogen-bond acceptors (Lipinski definition) is 3. The monoisotopic (exact) mass is 128 g/mol. The normalized spacial score (nSPS) is 11.6. The summed E-state index contributed by atoms with van der Waals surface area (Å²) in [6, 6.07) is 1.17. The van der Waals surface area contributed by atoms with Gasteiger partial charge >= 0.3 is 0 Å². The number of nitrogens with two attached hydrogens (primary N) is 1. The summed E-state index contributed by atoms with van der Waals surface area (Å²) in [5, 5.41) is 10.6. The van der Waals surface area contributed by atoms with Gasteiger partial charge in [0.2, 0.25) is 5.91 Å². The fraction of sp³-hybridized carbons (Fsp3) is 0.400. The molecule has 0 fully saturated rings. The summed E-state index contributed by atoms with van der Waals surface area (Å²) < 4.78 is 0. The zero-order valence-corrected chi connectivity index (χ0v) is 4.79. The van der Waals surface area contributed by atoms with Gasteiger partial charge in [-0.3, -0.25) is 4.79 Å². The van der Waals surface area contributed by atoms with Crippen LogP contribution in [-0.4, -0.2) is 23.7 Å². The first kappa shape index (κ1) is 7.79. The molecule has 4 heteroatoms. The van der Waals surface area contributed by atoms with Crippen molar-refractivity contribution in [3.05, 3.63) is 0 Å². The maximum absolute atomic E-state index is 10.2. The second kappa shape index (κ2) is 3.75. The smallest absolute Gasteiger partial charge is 0.242 e. The van der Waals surface area contributed by atoms with Gasteiger partial charge in [0.15, 0.2) is 0 Å². The number of aliphatic hydroxyl groups is 1. The van der Waals surface area contributed by atoms with E-state index < -0.39 is 11.9 Å². The van der Waals surface area contributed by atoms with Crippen molar-refractivity contribution in [3.63, 3.8) is 0 Å². The van der Waals surface area contributed by atoms with Gasteiger partial charge in [-0.05, 0) is 0 Å². The standard InChI is InChI=1S/C5H8N2O2/c1-2-7-4(3-8)5(6)9/h1,4,7-8H,3H2,(H2,6,9). The first-order valence-corrected chi connectivity index (χ1v) is 2.33. The predicted octanol–water partition coefficient (Wildman–Crippen LogP) is -1.99. The van der Waals surface area contributed by atoms with Crippen LogP contribution in [0, 0.1) is 12.5 Å². The second-order valence-corrected chi connectivity index (χ2v) is 1.43. The molecular formula is C5H8N2O2. The van der Waals surface area contributed by atoms with Gasteiger partial charge in [0.1, 0.15) is 6.04 Å². The molecule has 0 spiro atoms. The third-order valence-electron chi connectivity index (χ3n) is 0.784. The summed E-state index contributed by atoms with van der Waals surface area (Å²) in [4.78, 5) is 10.2. The molecule has 0 radical (unpaired) electrons. The average Bonchev–Trinajstić information content (AvgIpc) is 1.82. The van der Waals surface area contributed by atoms with E-state index in [9.17, 15) is 4.79 Å². The molecule has 0 aliphatic rings. The molecule has 0 aromatic heterocycles. The summed E-state index contributed by atoms with van der Waals surface area (Å²) in [5.41, 5.74) is 4.78. The SMILES string of the molecule is C#CNC(CO)C(N)=O. The molecule has 4 N–H and O–H groups in total. The third-order valence-corrected chi connectivity index (χ3v) is 0.784. The Hall–Kier alpha value is -1.21. The molecular weight excluding hydrogens is 120 g/mol. The molecule has 9 heavy (non-hydrogen) atoms. The number of aliphatic hydroxyl groups excluding tert-OH is 1. The van der Waals surface area contributed by atoms with Crippen molar-refractivity contribution in [1.29, 1.82) is 0 Å². The van der Waals surface area contributed by atoms with Gasteiger partial charge in [-0.15, -0.1) is 0 Å². The number of nitrogens with one attached hydrogen (secondary N) is 1. The molecule has 0 heterocycles. The van der Waals surface area contributed by atoms with Crippen molar-refractivity contribution >= 4 is 5.91 Å². The van der Waals surface area contributed by atoms with Crippen LogP contribution in [0.25, 0.3) is 0 Å². The number of terminal acetylenes is 1. The lowest BCUT2D eigenvalue weighted by Gasteiger charge is -2.06. The van der Waals surface area contributed by atoms with Crippen molar-refractivity contribution in [2.45, 2.75) is 6.04 Å². The molecule has 1 amide bonds. The molecule has 0 saturated carbocycles. The number of rotatable bonds is 3. The molecule has 0 bridgehead atoms. The van der Waals surface area contributed by atoms with Gasteiger partial charge in [-0.2, -0.15) is 0 Å². The summed E-state index contributed by atoms with van der Waals surface area (Å²) in [5.74, 6) is -0.657. The van der Waals surface area contributed by atoms with Crippen molar-refractivity contribution in [1.82, 2.24) is 5.32 Å². The van der Waals surface area contributed by atoms with E-state index in [4.69, 9.17) is 17.3 Å². The minimum atomic E-state index is -0.824. The van der Waals surface area contributed by atoms with E-state index in [2.05, 4.69) is 5.32 Å². The van der Waals surface area contributed by atoms with Crippen LogP contribution in [0.15, 0.2) is 0 Å². The molecule has 0 aliphatic carbocycles. The highest BCUT2D eigenvalue weighted by atomic mass is 16.3. The summed E-state index contributed by atoms with van der Waals surface area (Å²) >= 11 is 0. The lowest BCUT2D eigenvalue weighted by atomic mass is 10.3. The summed E-state index contributed by atoms with van der Waals surface area (Å²) in [6.45, 7) is -0.375. The van der Waals surface area contributed by atoms with Crippen molar-refractivity contribution in [3.8, 4) is 12.5 Å². The Kier molecular flexibility index (Phi) is 3.25. The highest BCUT2D eigenvalue weighted by Crippen LogP contribution is 1.75. The fourth-order valence-electron chi connectivity index (χ4n) is 0.307. The minimum absolute atomic E-state index is 0.375. The topological polar surface area (TPSA) is 75.3 Å². The van der Waals surface area contributed by atoms with Crippen LogP contribution in [-0.2, 0) is 4.79 Å². The Morgan fingerprint density at radius 3 is 2.67 bits per heavy atom. The van der Waals surface area contributed by atoms with Crippen LogP contribution < -0.4 is 11.1 Å². The summed E-state index contributed by atoms with van der Waals surface area (Å²) in [7, 11) is 0. The van der Waals surface area contributed by atoms with Gasteiger partial charge in [0, 0.05) is 6.04 Å². The van der Waals surface area contributed by atoms with Crippen molar-refractivity contribution < 1.29 is 9.90 Å². The largest absolute Gasteiger partial charge is 0.394 e. The number of carbonyl (C=O) groups excluding carboxylic acids is 1. The Balaban J connectivity index is 3.71. The maximum Gasteiger partial charge on any atom is 0.242 e. The molecule has 0 rings (SSSR count). The van der Waals surface area contributed by atoms with E-state index in [0.29, 0.717) is 0 Å². The average molecular weight is 128 g/mol. The van der Waals surface area contributed by atoms with E-state index in [1.54, 1.807) is 0 Å². The van der Waals surface area contributed by atoms with Crippen LogP contribution in [0.5, 0.6) is 0 Å².